The number of hydrogen-bond donors (Lipinski definition) is 2. The molecule has 0 atom stereocenters. The second-order valence-electron chi connectivity index (χ2n) is 6.79. The third kappa shape index (κ3) is 5.03. The normalized spacial score (nSPS) is 18.1. The van der Waals surface area contributed by atoms with Crippen LogP contribution in [-0.2, 0) is 27.5 Å². The largest absolute Gasteiger partial charge is 0.355 e. The highest BCUT2D eigenvalue weighted by Crippen LogP contribution is 2.25. The number of amides is 1. The van der Waals surface area contributed by atoms with Crippen LogP contribution >= 0.6 is 0 Å². The number of carbonyl (C=O) groups excluding carboxylic acids is 1. The molecule has 0 aromatic heterocycles. The molecule has 7 heteroatoms. The number of aryl methyl sites for hydroxylation is 2. The zero-order valence-electron chi connectivity index (χ0n) is 14.6. The Morgan fingerprint density at radius 1 is 1.16 bits per heavy atom. The van der Waals surface area contributed by atoms with Crippen molar-refractivity contribution in [3.63, 3.8) is 0 Å². The van der Waals surface area contributed by atoms with Crippen LogP contribution in [0.15, 0.2) is 23.1 Å². The van der Waals surface area contributed by atoms with Gasteiger partial charge in [-0.15, -0.1) is 0 Å². The molecule has 1 heterocycles. The van der Waals surface area contributed by atoms with Gasteiger partial charge in [-0.25, -0.2) is 8.42 Å². The molecule has 1 saturated heterocycles. The number of nitrogens with zero attached hydrogens (tertiary/aromatic N) is 1. The SMILES string of the molecule is O=C(CCS(=O)(=O)c1ccc2c(c1)CCC2)NCCN1CCNCC1. The molecule has 0 saturated carbocycles. The number of hydrogen-bond acceptors (Lipinski definition) is 5. The summed E-state index contributed by atoms with van der Waals surface area (Å²) in [6, 6.07) is 5.39. The molecule has 1 amide bonds. The molecule has 1 fully saturated rings. The molecular formula is C18H27N3O3S. The lowest BCUT2D eigenvalue weighted by atomic mass is 10.1. The Balaban J connectivity index is 1.44. The van der Waals surface area contributed by atoms with E-state index in [4.69, 9.17) is 0 Å². The maximum Gasteiger partial charge on any atom is 0.221 e. The molecule has 1 aliphatic carbocycles. The molecule has 3 rings (SSSR count). The van der Waals surface area contributed by atoms with E-state index in [1.54, 1.807) is 12.1 Å². The van der Waals surface area contributed by atoms with Gasteiger partial charge in [0.25, 0.3) is 0 Å². The van der Waals surface area contributed by atoms with Crippen molar-refractivity contribution in [1.82, 2.24) is 15.5 Å². The minimum atomic E-state index is -3.40. The maximum atomic E-state index is 12.5. The summed E-state index contributed by atoms with van der Waals surface area (Å²) in [5, 5.41) is 6.12. The zero-order valence-corrected chi connectivity index (χ0v) is 15.4. The molecule has 2 aliphatic rings. The Labute approximate surface area is 149 Å². The summed E-state index contributed by atoms with van der Waals surface area (Å²) in [4.78, 5) is 14.6. The summed E-state index contributed by atoms with van der Waals surface area (Å²) < 4.78 is 24.9. The summed E-state index contributed by atoms with van der Waals surface area (Å²) in [6.07, 6.45) is 3.09. The fraction of sp³-hybridized carbons (Fsp3) is 0.611. The Bertz CT molecular complexity index is 712. The highest BCUT2D eigenvalue weighted by molar-refractivity contribution is 7.91. The van der Waals surface area contributed by atoms with E-state index in [2.05, 4.69) is 15.5 Å². The van der Waals surface area contributed by atoms with Crippen molar-refractivity contribution in [1.29, 1.82) is 0 Å². The van der Waals surface area contributed by atoms with E-state index in [0.29, 0.717) is 11.4 Å². The average molecular weight is 365 g/mol. The first kappa shape index (κ1) is 18.4. The topological polar surface area (TPSA) is 78.5 Å². The van der Waals surface area contributed by atoms with Crippen molar-refractivity contribution < 1.29 is 13.2 Å². The van der Waals surface area contributed by atoms with Gasteiger partial charge < -0.3 is 10.6 Å². The fourth-order valence-corrected chi connectivity index (χ4v) is 4.75. The minimum absolute atomic E-state index is 0.0149. The lowest BCUT2D eigenvalue weighted by Gasteiger charge is -2.27. The number of piperazine rings is 1. The highest BCUT2D eigenvalue weighted by atomic mass is 32.2. The van der Waals surface area contributed by atoms with Gasteiger partial charge in [0.1, 0.15) is 0 Å². The van der Waals surface area contributed by atoms with Crippen molar-refractivity contribution in [3.8, 4) is 0 Å². The number of rotatable bonds is 7. The standard InChI is InChI=1S/C18H27N3O3S/c22-18(20-9-12-21-10-7-19-8-11-21)6-13-25(23,24)17-5-4-15-2-1-3-16(15)14-17/h4-5,14,19H,1-3,6-13H2,(H,20,22). The van der Waals surface area contributed by atoms with Crippen LogP contribution in [0.1, 0.15) is 24.0 Å². The molecule has 1 aromatic rings. The summed E-state index contributed by atoms with van der Waals surface area (Å²) in [5.41, 5.74) is 2.39. The Morgan fingerprint density at radius 2 is 1.92 bits per heavy atom. The van der Waals surface area contributed by atoms with Gasteiger partial charge in [-0.3, -0.25) is 9.69 Å². The molecule has 1 aromatic carbocycles. The predicted molar refractivity (Wildman–Crippen MR) is 97.5 cm³/mol. The Morgan fingerprint density at radius 3 is 2.72 bits per heavy atom. The second-order valence-corrected chi connectivity index (χ2v) is 8.90. The van der Waals surface area contributed by atoms with Crippen molar-refractivity contribution in [3.05, 3.63) is 29.3 Å². The lowest BCUT2D eigenvalue weighted by Crippen LogP contribution is -2.46. The number of benzene rings is 1. The van der Waals surface area contributed by atoms with Gasteiger partial charge in [0, 0.05) is 45.7 Å². The van der Waals surface area contributed by atoms with Crippen molar-refractivity contribution in [2.75, 3.05) is 45.0 Å². The van der Waals surface area contributed by atoms with Crippen LogP contribution < -0.4 is 10.6 Å². The van der Waals surface area contributed by atoms with E-state index in [0.717, 1.165) is 57.5 Å². The van der Waals surface area contributed by atoms with E-state index in [9.17, 15) is 13.2 Å². The van der Waals surface area contributed by atoms with Crippen molar-refractivity contribution in [2.45, 2.75) is 30.6 Å². The van der Waals surface area contributed by atoms with Gasteiger partial charge in [-0.05, 0) is 42.5 Å². The predicted octanol–water partition coefficient (Wildman–Crippen LogP) is 0.361. The number of carbonyl (C=O) groups is 1. The van der Waals surface area contributed by atoms with Gasteiger partial charge in [0.05, 0.1) is 10.6 Å². The van der Waals surface area contributed by atoms with Gasteiger partial charge in [0.2, 0.25) is 5.91 Å². The van der Waals surface area contributed by atoms with Crippen LogP contribution in [-0.4, -0.2) is 64.2 Å². The summed E-state index contributed by atoms with van der Waals surface area (Å²) in [5.74, 6) is -0.328. The lowest BCUT2D eigenvalue weighted by molar-refractivity contribution is -0.120. The first-order valence-electron chi connectivity index (χ1n) is 9.09. The number of sulfone groups is 1. The number of nitrogens with one attached hydrogen (secondary N) is 2. The van der Waals surface area contributed by atoms with Crippen molar-refractivity contribution in [2.24, 2.45) is 0 Å². The molecule has 25 heavy (non-hydrogen) atoms. The van der Waals surface area contributed by atoms with Gasteiger partial charge in [-0.1, -0.05) is 6.07 Å². The van der Waals surface area contributed by atoms with Gasteiger partial charge in [0.15, 0.2) is 9.84 Å². The smallest absolute Gasteiger partial charge is 0.221 e. The summed E-state index contributed by atoms with van der Waals surface area (Å²) in [7, 11) is -3.40. The van der Waals surface area contributed by atoms with E-state index >= 15 is 0 Å². The zero-order chi connectivity index (χ0) is 17.7. The molecule has 138 valence electrons. The molecule has 6 nitrogen and oxygen atoms in total. The van der Waals surface area contributed by atoms with Crippen LogP contribution in [0.25, 0.3) is 0 Å². The summed E-state index contributed by atoms with van der Waals surface area (Å²) in [6.45, 7) is 5.31. The van der Waals surface area contributed by atoms with Crippen LogP contribution in [0.5, 0.6) is 0 Å². The fourth-order valence-electron chi connectivity index (χ4n) is 3.46. The monoisotopic (exact) mass is 365 g/mol. The van der Waals surface area contributed by atoms with Gasteiger partial charge in [-0.2, -0.15) is 0 Å². The molecule has 0 radical (unpaired) electrons. The average Bonchev–Trinajstić information content (AvgIpc) is 3.09. The summed E-state index contributed by atoms with van der Waals surface area (Å²) >= 11 is 0. The van der Waals surface area contributed by atoms with E-state index in [1.807, 2.05) is 6.07 Å². The minimum Gasteiger partial charge on any atom is -0.355 e. The first-order valence-corrected chi connectivity index (χ1v) is 10.7. The quantitative estimate of drug-likeness (QED) is 0.730. The Hall–Kier alpha value is -1.44. The van der Waals surface area contributed by atoms with Crippen LogP contribution in [0, 0.1) is 0 Å². The molecule has 1 aliphatic heterocycles. The van der Waals surface area contributed by atoms with Crippen LogP contribution in [0.2, 0.25) is 0 Å². The molecular weight excluding hydrogens is 338 g/mol. The Kier molecular flexibility index (Phi) is 6.09. The van der Waals surface area contributed by atoms with E-state index in [-0.39, 0.29) is 18.1 Å². The molecule has 0 bridgehead atoms. The first-order chi connectivity index (χ1) is 12.0. The van der Waals surface area contributed by atoms with Crippen LogP contribution in [0.4, 0.5) is 0 Å². The van der Waals surface area contributed by atoms with E-state index in [1.165, 1.54) is 5.56 Å². The molecule has 0 unspecified atom stereocenters. The van der Waals surface area contributed by atoms with E-state index < -0.39 is 9.84 Å². The third-order valence-electron chi connectivity index (χ3n) is 4.99. The van der Waals surface area contributed by atoms with Crippen LogP contribution in [0.3, 0.4) is 0 Å². The number of fused-ring (bicyclic) bond motifs is 1. The third-order valence-corrected chi connectivity index (χ3v) is 6.70. The molecule has 2 N–H and O–H groups in total. The van der Waals surface area contributed by atoms with Gasteiger partial charge >= 0.3 is 0 Å². The highest BCUT2D eigenvalue weighted by Gasteiger charge is 2.20. The maximum absolute atomic E-state index is 12.5. The molecule has 0 spiro atoms. The van der Waals surface area contributed by atoms with Crippen molar-refractivity contribution >= 4 is 15.7 Å². The second kappa shape index (κ2) is 8.29.